The number of carbonyl (C=O) groups is 2. The Morgan fingerprint density at radius 1 is 1.13 bits per heavy atom. The van der Waals surface area contributed by atoms with E-state index in [0.717, 1.165) is 6.42 Å². The summed E-state index contributed by atoms with van der Waals surface area (Å²) < 4.78 is 5.12. The van der Waals surface area contributed by atoms with Crippen molar-refractivity contribution in [2.24, 2.45) is 5.92 Å². The normalized spacial score (nSPS) is 28.3. The fraction of sp³-hybridized carbons (Fsp3) is 0.556. The number of methoxy groups -OCH3 is 1. The Morgan fingerprint density at radius 3 is 2.48 bits per heavy atom. The van der Waals surface area contributed by atoms with Crippen LogP contribution in [0.4, 0.5) is 5.69 Å². The summed E-state index contributed by atoms with van der Waals surface area (Å²) >= 11 is 0. The molecule has 0 aromatic heterocycles. The monoisotopic (exact) mass is 317 g/mol. The molecule has 2 N–H and O–H groups in total. The Labute approximate surface area is 137 Å². The minimum absolute atomic E-state index is 0.0852. The van der Waals surface area contributed by atoms with Crippen molar-refractivity contribution < 1.29 is 19.6 Å². The second kappa shape index (κ2) is 6.71. The summed E-state index contributed by atoms with van der Waals surface area (Å²) in [6, 6.07) is 7.27. The van der Waals surface area contributed by atoms with Gasteiger partial charge in [-0.3, -0.25) is 9.59 Å². The van der Waals surface area contributed by atoms with E-state index in [1.807, 2.05) is 0 Å². The van der Waals surface area contributed by atoms with Gasteiger partial charge in [-0.1, -0.05) is 13.3 Å². The van der Waals surface area contributed by atoms with Crippen molar-refractivity contribution in [3.05, 3.63) is 24.3 Å². The standard InChI is InChI=1S/C18H24N2O3/c1-12-5-3-4-6-15(12)19-16-11-17(21)20(18(16)22)13-7-9-14(23-2)10-8-13/h7-10,12,15-16,19H,3-6,11H2,1-2H3/p+1/t12-,15-,16-/m1/s1. The first-order chi connectivity index (χ1) is 11.1. The number of carbonyl (C=O) groups excluding carboxylic acids is 2. The average Bonchev–Trinajstić information content (AvgIpc) is 2.84. The molecule has 0 unspecified atom stereocenters. The highest BCUT2D eigenvalue weighted by molar-refractivity contribution is 6.21. The van der Waals surface area contributed by atoms with E-state index >= 15 is 0 Å². The van der Waals surface area contributed by atoms with E-state index in [1.54, 1.807) is 31.4 Å². The van der Waals surface area contributed by atoms with Crippen LogP contribution in [0.3, 0.4) is 0 Å². The van der Waals surface area contributed by atoms with Crippen LogP contribution in [-0.2, 0) is 9.59 Å². The zero-order valence-corrected chi connectivity index (χ0v) is 13.8. The second-order valence-electron chi connectivity index (χ2n) is 6.69. The van der Waals surface area contributed by atoms with Crippen molar-refractivity contribution in [2.45, 2.75) is 51.1 Å². The quantitative estimate of drug-likeness (QED) is 0.855. The first kappa shape index (κ1) is 16.0. The molecule has 2 amide bonds. The van der Waals surface area contributed by atoms with Crippen LogP contribution >= 0.6 is 0 Å². The molecule has 1 aromatic rings. The van der Waals surface area contributed by atoms with Crippen LogP contribution in [0.5, 0.6) is 5.75 Å². The summed E-state index contributed by atoms with van der Waals surface area (Å²) in [6.45, 7) is 2.25. The number of rotatable bonds is 4. The SMILES string of the molecule is COc1ccc(N2C(=O)C[C@@H]([NH2+][C@@H]3CCCC[C@H]3C)C2=O)cc1. The highest BCUT2D eigenvalue weighted by atomic mass is 16.5. The lowest BCUT2D eigenvalue weighted by molar-refractivity contribution is -0.715. The van der Waals surface area contributed by atoms with Gasteiger partial charge in [0.15, 0.2) is 6.04 Å². The smallest absolute Gasteiger partial charge is 0.292 e. The molecule has 5 nitrogen and oxygen atoms in total. The summed E-state index contributed by atoms with van der Waals surface area (Å²) in [6.07, 6.45) is 5.16. The number of anilines is 1. The number of nitrogens with two attached hydrogens (primary N) is 1. The maximum Gasteiger partial charge on any atom is 0.292 e. The Kier molecular flexibility index (Phi) is 4.66. The molecule has 2 aliphatic rings. The molecule has 0 spiro atoms. The number of imide groups is 1. The third-order valence-electron chi connectivity index (χ3n) is 5.17. The van der Waals surface area contributed by atoms with Crippen LogP contribution in [0.1, 0.15) is 39.0 Å². The third kappa shape index (κ3) is 3.24. The minimum atomic E-state index is -0.268. The van der Waals surface area contributed by atoms with E-state index in [9.17, 15) is 9.59 Å². The topological polar surface area (TPSA) is 63.2 Å². The Hall–Kier alpha value is -1.88. The van der Waals surface area contributed by atoms with Crippen LogP contribution in [0.15, 0.2) is 24.3 Å². The maximum absolute atomic E-state index is 12.7. The van der Waals surface area contributed by atoms with Crippen molar-refractivity contribution >= 4 is 17.5 Å². The first-order valence-electron chi connectivity index (χ1n) is 8.46. The molecule has 2 fully saturated rings. The van der Waals surface area contributed by atoms with Gasteiger partial charge in [-0.05, 0) is 43.5 Å². The zero-order chi connectivity index (χ0) is 16.4. The van der Waals surface area contributed by atoms with Gasteiger partial charge in [-0.2, -0.15) is 0 Å². The molecule has 0 bridgehead atoms. The first-order valence-corrected chi connectivity index (χ1v) is 8.46. The predicted molar refractivity (Wildman–Crippen MR) is 87.2 cm³/mol. The van der Waals surface area contributed by atoms with E-state index < -0.39 is 0 Å². The molecule has 3 atom stereocenters. The van der Waals surface area contributed by atoms with Gasteiger partial charge in [0, 0.05) is 5.92 Å². The molecule has 23 heavy (non-hydrogen) atoms. The maximum atomic E-state index is 12.7. The predicted octanol–water partition coefficient (Wildman–Crippen LogP) is 1.47. The van der Waals surface area contributed by atoms with E-state index in [4.69, 9.17) is 4.74 Å². The highest BCUT2D eigenvalue weighted by Gasteiger charge is 2.44. The molecule has 1 heterocycles. The fourth-order valence-electron chi connectivity index (χ4n) is 3.74. The number of hydrogen-bond donors (Lipinski definition) is 1. The van der Waals surface area contributed by atoms with E-state index in [0.29, 0.717) is 29.8 Å². The molecule has 1 saturated carbocycles. The van der Waals surface area contributed by atoms with Gasteiger partial charge in [-0.15, -0.1) is 0 Å². The molecular formula is C18H25N2O3+. The number of ether oxygens (including phenoxy) is 1. The molecule has 1 aliphatic carbocycles. The minimum Gasteiger partial charge on any atom is -0.497 e. The zero-order valence-electron chi connectivity index (χ0n) is 13.8. The summed E-state index contributed by atoms with van der Waals surface area (Å²) in [7, 11) is 1.59. The van der Waals surface area contributed by atoms with Crippen LogP contribution < -0.4 is 15.0 Å². The van der Waals surface area contributed by atoms with Crippen LogP contribution in [0.25, 0.3) is 0 Å². The molecular weight excluding hydrogens is 292 g/mol. The molecule has 0 radical (unpaired) electrons. The van der Waals surface area contributed by atoms with Crippen molar-refractivity contribution in [1.29, 1.82) is 0 Å². The van der Waals surface area contributed by atoms with Gasteiger partial charge >= 0.3 is 0 Å². The number of nitrogens with zero attached hydrogens (tertiary/aromatic N) is 1. The molecule has 124 valence electrons. The lowest BCUT2D eigenvalue weighted by Crippen LogP contribution is -2.97. The Balaban J connectivity index is 1.71. The summed E-state index contributed by atoms with van der Waals surface area (Å²) in [5.74, 6) is 1.14. The lowest BCUT2D eigenvalue weighted by atomic mass is 9.85. The number of hydrogen-bond acceptors (Lipinski definition) is 3. The van der Waals surface area contributed by atoms with Crippen LogP contribution in [0, 0.1) is 5.92 Å². The lowest BCUT2D eigenvalue weighted by Gasteiger charge is -2.28. The van der Waals surface area contributed by atoms with Gasteiger partial charge < -0.3 is 10.1 Å². The van der Waals surface area contributed by atoms with Crippen molar-refractivity contribution in [3.63, 3.8) is 0 Å². The van der Waals surface area contributed by atoms with Crippen LogP contribution in [0.2, 0.25) is 0 Å². The van der Waals surface area contributed by atoms with Gasteiger partial charge in [0.2, 0.25) is 5.91 Å². The van der Waals surface area contributed by atoms with Gasteiger partial charge in [-0.25, -0.2) is 4.90 Å². The third-order valence-corrected chi connectivity index (χ3v) is 5.17. The highest BCUT2D eigenvalue weighted by Crippen LogP contribution is 2.25. The number of amides is 2. The average molecular weight is 317 g/mol. The second-order valence-corrected chi connectivity index (χ2v) is 6.69. The molecule has 1 saturated heterocycles. The van der Waals surface area contributed by atoms with Crippen molar-refractivity contribution in [2.75, 3.05) is 12.0 Å². The van der Waals surface area contributed by atoms with Gasteiger partial charge in [0.25, 0.3) is 5.91 Å². The molecule has 5 heteroatoms. The fourth-order valence-corrected chi connectivity index (χ4v) is 3.74. The molecule has 1 aliphatic heterocycles. The summed E-state index contributed by atoms with van der Waals surface area (Å²) in [5, 5.41) is 2.15. The number of benzene rings is 1. The molecule has 1 aromatic carbocycles. The Bertz CT molecular complexity index is 584. The number of quaternary nitrogens is 1. The van der Waals surface area contributed by atoms with Crippen molar-refractivity contribution in [1.82, 2.24) is 0 Å². The van der Waals surface area contributed by atoms with Crippen LogP contribution in [-0.4, -0.2) is 31.0 Å². The van der Waals surface area contributed by atoms with Gasteiger partial charge in [0.05, 0.1) is 25.3 Å². The van der Waals surface area contributed by atoms with E-state index in [1.165, 1.54) is 24.2 Å². The largest absolute Gasteiger partial charge is 0.497 e. The molecule has 3 rings (SSSR count). The summed E-state index contributed by atoms with van der Waals surface area (Å²) in [4.78, 5) is 26.3. The van der Waals surface area contributed by atoms with Crippen molar-refractivity contribution in [3.8, 4) is 5.75 Å². The van der Waals surface area contributed by atoms with E-state index in [-0.39, 0.29) is 17.9 Å². The Morgan fingerprint density at radius 2 is 1.83 bits per heavy atom. The van der Waals surface area contributed by atoms with Gasteiger partial charge in [0.1, 0.15) is 5.75 Å². The van der Waals surface area contributed by atoms with E-state index in [2.05, 4.69) is 12.2 Å². The summed E-state index contributed by atoms with van der Waals surface area (Å²) in [5.41, 5.74) is 0.633.